The van der Waals surface area contributed by atoms with Crippen LogP contribution in [0.4, 0.5) is 8.78 Å². The number of alkyl halides is 2. The molecule has 1 heterocycles. The summed E-state index contributed by atoms with van der Waals surface area (Å²) in [5.41, 5.74) is 0. The molecule has 5 heteroatoms. The van der Waals surface area contributed by atoms with Crippen molar-refractivity contribution in [3.8, 4) is 0 Å². The summed E-state index contributed by atoms with van der Waals surface area (Å²) in [4.78, 5) is 0. The highest BCUT2D eigenvalue weighted by molar-refractivity contribution is 4.84. The first-order valence-corrected chi connectivity index (χ1v) is 7.34. The average Bonchev–Trinajstić information content (AvgIpc) is 2.96. The molecule has 0 aromatic carbocycles. The van der Waals surface area contributed by atoms with Crippen LogP contribution in [0.15, 0.2) is 0 Å². The quantitative estimate of drug-likeness (QED) is 0.792. The summed E-state index contributed by atoms with van der Waals surface area (Å²) in [6.07, 6.45) is 4.33. The van der Waals surface area contributed by atoms with Gasteiger partial charge in [0.1, 0.15) is 0 Å². The Labute approximate surface area is 112 Å². The molecule has 1 spiro atoms. The molecular weight excluding hydrogens is 254 g/mol. The smallest absolute Gasteiger partial charge is 0.248 e. The average molecular weight is 276 g/mol. The van der Waals surface area contributed by atoms with Gasteiger partial charge in [-0.15, -0.1) is 0 Å². The number of hydrogen-bond acceptors (Lipinski definition) is 3. The fourth-order valence-corrected chi connectivity index (χ4v) is 3.44. The Morgan fingerprint density at radius 2 is 1.68 bits per heavy atom. The van der Waals surface area contributed by atoms with Gasteiger partial charge in [0.2, 0.25) is 5.92 Å². The number of rotatable bonds is 3. The van der Waals surface area contributed by atoms with Crippen molar-refractivity contribution in [3.05, 3.63) is 0 Å². The molecule has 0 aromatic heterocycles. The number of hydrogen-bond donors (Lipinski definition) is 0. The van der Waals surface area contributed by atoms with E-state index in [0.717, 1.165) is 25.7 Å². The predicted octanol–water partition coefficient (Wildman–Crippen LogP) is 3.12. The summed E-state index contributed by atoms with van der Waals surface area (Å²) in [5.74, 6) is -2.79. The Morgan fingerprint density at radius 1 is 1.00 bits per heavy atom. The fraction of sp³-hybridized carbons (Fsp3) is 1.00. The van der Waals surface area contributed by atoms with E-state index < -0.39 is 5.92 Å². The van der Waals surface area contributed by atoms with Crippen molar-refractivity contribution < 1.29 is 23.0 Å². The Bertz CT molecular complexity index is 306. The van der Waals surface area contributed by atoms with E-state index >= 15 is 0 Å². The molecule has 1 aliphatic heterocycles. The van der Waals surface area contributed by atoms with Crippen molar-refractivity contribution in [3.63, 3.8) is 0 Å². The lowest BCUT2D eigenvalue weighted by molar-refractivity contribution is -0.192. The van der Waals surface area contributed by atoms with Gasteiger partial charge in [-0.25, -0.2) is 8.78 Å². The molecule has 3 aliphatic rings. The standard InChI is InChI=1S/C14H22F2O3/c15-13(16)4-1-11(9-13)10-17-12-2-5-14(6-3-12)18-7-8-19-14/h11-12H,1-10H2. The second-order valence-corrected chi connectivity index (χ2v) is 6.11. The summed E-state index contributed by atoms with van der Waals surface area (Å²) in [5, 5.41) is 0. The van der Waals surface area contributed by atoms with E-state index in [1.54, 1.807) is 0 Å². The van der Waals surface area contributed by atoms with Gasteiger partial charge >= 0.3 is 0 Å². The normalized spacial score (nSPS) is 34.1. The van der Waals surface area contributed by atoms with Crippen LogP contribution in [0.3, 0.4) is 0 Å². The summed E-state index contributed by atoms with van der Waals surface area (Å²) < 4.78 is 43.3. The van der Waals surface area contributed by atoms with Crippen molar-refractivity contribution in [1.82, 2.24) is 0 Å². The molecule has 0 bridgehead atoms. The molecule has 1 atom stereocenters. The van der Waals surface area contributed by atoms with E-state index in [1.807, 2.05) is 0 Å². The fourth-order valence-electron chi connectivity index (χ4n) is 3.44. The van der Waals surface area contributed by atoms with Crippen molar-refractivity contribution in [2.24, 2.45) is 5.92 Å². The van der Waals surface area contributed by atoms with Crippen LogP contribution in [0, 0.1) is 5.92 Å². The predicted molar refractivity (Wildman–Crippen MR) is 65.1 cm³/mol. The van der Waals surface area contributed by atoms with Crippen LogP contribution in [-0.2, 0) is 14.2 Å². The molecular formula is C14H22F2O3. The second-order valence-electron chi connectivity index (χ2n) is 6.11. The molecule has 0 aromatic rings. The van der Waals surface area contributed by atoms with Crippen LogP contribution < -0.4 is 0 Å². The van der Waals surface area contributed by atoms with Crippen molar-refractivity contribution >= 4 is 0 Å². The monoisotopic (exact) mass is 276 g/mol. The van der Waals surface area contributed by atoms with Crippen LogP contribution in [0.5, 0.6) is 0 Å². The molecule has 2 saturated carbocycles. The Balaban J connectivity index is 1.38. The molecule has 3 rings (SSSR count). The van der Waals surface area contributed by atoms with Crippen molar-refractivity contribution in [2.45, 2.75) is 62.8 Å². The van der Waals surface area contributed by atoms with Gasteiger partial charge in [0.15, 0.2) is 5.79 Å². The molecule has 2 aliphatic carbocycles. The maximum atomic E-state index is 13.1. The van der Waals surface area contributed by atoms with Gasteiger partial charge in [-0.2, -0.15) is 0 Å². The molecule has 1 saturated heterocycles. The number of ether oxygens (including phenoxy) is 3. The zero-order valence-electron chi connectivity index (χ0n) is 11.2. The Morgan fingerprint density at radius 3 is 2.26 bits per heavy atom. The van der Waals surface area contributed by atoms with E-state index in [1.165, 1.54) is 0 Å². The van der Waals surface area contributed by atoms with Gasteiger partial charge in [0.05, 0.1) is 19.3 Å². The van der Waals surface area contributed by atoms with E-state index in [-0.39, 0.29) is 30.7 Å². The zero-order valence-corrected chi connectivity index (χ0v) is 11.2. The maximum absolute atomic E-state index is 13.1. The van der Waals surface area contributed by atoms with Gasteiger partial charge in [-0.1, -0.05) is 0 Å². The Kier molecular flexibility index (Phi) is 3.80. The molecule has 110 valence electrons. The molecule has 0 radical (unpaired) electrons. The summed E-state index contributed by atoms with van der Waals surface area (Å²) >= 11 is 0. The summed E-state index contributed by atoms with van der Waals surface area (Å²) in [6.45, 7) is 1.85. The first-order valence-electron chi connectivity index (χ1n) is 7.34. The van der Waals surface area contributed by atoms with Gasteiger partial charge in [0, 0.05) is 32.3 Å². The maximum Gasteiger partial charge on any atom is 0.248 e. The third-order valence-corrected chi connectivity index (χ3v) is 4.58. The van der Waals surface area contributed by atoms with Crippen molar-refractivity contribution in [1.29, 1.82) is 0 Å². The minimum absolute atomic E-state index is 0.00409. The lowest BCUT2D eigenvalue weighted by atomic mass is 9.91. The van der Waals surface area contributed by atoms with Gasteiger partial charge < -0.3 is 14.2 Å². The summed E-state index contributed by atoms with van der Waals surface area (Å²) in [7, 11) is 0. The first kappa shape index (κ1) is 13.7. The minimum Gasteiger partial charge on any atom is -0.378 e. The third-order valence-electron chi connectivity index (χ3n) is 4.58. The highest BCUT2D eigenvalue weighted by atomic mass is 19.3. The van der Waals surface area contributed by atoms with Gasteiger partial charge in [-0.05, 0) is 25.2 Å². The van der Waals surface area contributed by atoms with Crippen LogP contribution in [0.25, 0.3) is 0 Å². The van der Waals surface area contributed by atoms with E-state index in [9.17, 15) is 8.78 Å². The first-order chi connectivity index (χ1) is 9.07. The zero-order chi connectivity index (χ0) is 13.3. The lowest BCUT2D eigenvalue weighted by Crippen LogP contribution is -2.38. The highest BCUT2D eigenvalue weighted by Crippen LogP contribution is 2.40. The SMILES string of the molecule is FC1(F)CCC(COC2CCC3(CC2)OCCO3)C1. The molecule has 0 N–H and O–H groups in total. The van der Waals surface area contributed by atoms with Crippen LogP contribution in [-0.4, -0.2) is 37.6 Å². The van der Waals surface area contributed by atoms with Crippen LogP contribution >= 0.6 is 0 Å². The molecule has 1 unspecified atom stereocenters. The van der Waals surface area contributed by atoms with E-state index in [2.05, 4.69) is 0 Å². The number of halogens is 2. The van der Waals surface area contributed by atoms with Crippen LogP contribution in [0.2, 0.25) is 0 Å². The molecule has 3 fully saturated rings. The van der Waals surface area contributed by atoms with E-state index in [4.69, 9.17) is 14.2 Å². The second kappa shape index (κ2) is 5.26. The van der Waals surface area contributed by atoms with Crippen molar-refractivity contribution in [2.75, 3.05) is 19.8 Å². The minimum atomic E-state index is -2.46. The van der Waals surface area contributed by atoms with Gasteiger partial charge in [-0.3, -0.25) is 0 Å². The lowest BCUT2D eigenvalue weighted by Gasteiger charge is -2.35. The molecule has 0 amide bonds. The third kappa shape index (κ3) is 3.26. The molecule has 3 nitrogen and oxygen atoms in total. The van der Waals surface area contributed by atoms with E-state index in [0.29, 0.717) is 26.2 Å². The van der Waals surface area contributed by atoms with Crippen LogP contribution in [0.1, 0.15) is 44.9 Å². The Hall–Kier alpha value is -0.260. The topological polar surface area (TPSA) is 27.7 Å². The summed E-state index contributed by atoms with van der Waals surface area (Å²) in [6, 6.07) is 0. The largest absolute Gasteiger partial charge is 0.378 e. The molecule has 19 heavy (non-hydrogen) atoms. The highest BCUT2D eigenvalue weighted by Gasteiger charge is 2.42. The van der Waals surface area contributed by atoms with Gasteiger partial charge in [0.25, 0.3) is 0 Å².